The third kappa shape index (κ3) is 3.65. The maximum atomic E-state index is 12.2. The second-order valence-electron chi connectivity index (χ2n) is 3.68. The molecule has 1 aliphatic rings. The van der Waals surface area contributed by atoms with E-state index in [9.17, 15) is 26.7 Å². The summed E-state index contributed by atoms with van der Waals surface area (Å²) in [5.74, 6) is -2.34. The van der Waals surface area contributed by atoms with Crippen LogP contribution < -0.4 is 0 Å². The Morgan fingerprint density at radius 1 is 1.41 bits per heavy atom. The second-order valence-corrected chi connectivity index (χ2v) is 3.68. The first-order valence-corrected chi connectivity index (χ1v) is 4.80. The fourth-order valence-corrected chi connectivity index (χ4v) is 1.49. The fourth-order valence-electron chi connectivity index (χ4n) is 1.49. The number of carbonyl (C=O) groups is 1. The molecule has 0 radical (unpaired) electrons. The number of carbonyl (C=O) groups excluding carboxylic acids is 1. The molecular formula is C9H10F5NO2. The number of alkyl halides is 3. The predicted molar refractivity (Wildman–Crippen MR) is 46.8 cm³/mol. The first-order valence-electron chi connectivity index (χ1n) is 4.80. The first-order chi connectivity index (χ1) is 7.71. The van der Waals surface area contributed by atoms with Gasteiger partial charge < -0.3 is 4.84 Å². The van der Waals surface area contributed by atoms with Gasteiger partial charge in [-0.05, 0) is 25.3 Å². The average Bonchev–Trinajstić information content (AvgIpc) is 2.19. The summed E-state index contributed by atoms with van der Waals surface area (Å²) in [5, 5.41) is 0.780. The maximum Gasteiger partial charge on any atom is 0.492 e. The molecule has 0 spiro atoms. The number of nitrogens with zero attached hydrogens (tertiary/aromatic N) is 1. The molecule has 1 heterocycles. The van der Waals surface area contributed by atoms with E-state index in [0.29, 0.717) is 0 Å². The summed E-state index contributed by atoms with van der Waals surface area (Å²) in [6.45, 7) is 1.24. The molecule has 0 aromatic carbocycles. The van der Waals surface area contributed by atoms with Gasteiger partial charge in [0.05, 0.1) is 0 Å². The van der Waals surface area contributed by atoms with Crippen LogP contribution in [0.4, 0.5) is 22.0 Å². The standard InChI is InChI=1S/C9H10F5NO2/c1-5-4-6(7(10)11)2-3-15(5)17-8(16)9(12,13)14/h5H,2-4H2,1H3/t5-/m1/s1. The van der Waals surface area contributed by atoms with Crippen LogP contribution in [-0.4, -0.2) is 29.8 Å². The lowest BCUT2D eigenvalue weighted by Gasteiger charge is -2.32. The smallest absolute Gasteiger partial charge is 0.361 e. The Labute approximate surface area is 93.8 Å². The molecule has 0 saturated carbocycles. The van der Waals surface area contributed by atoms with Crippen LogP contribution in [0.5, 0.6) is 0 Å². The Morgan fingerprint density at radius 2 is 2.00 bits per heavy atom. The van der Waals surface area contributed by atoms with E-state index in [1.54, 1.807) is 0 Å². The van der Waals surface area contributed by atoms with Gasteiger partial charge in [0.25, 0.3) is 6.08 Å². The first kappa shape index (κ1) is 13.9. The Hall–Kier alpha value is -1.18. The van der Waals surface area contributed by atoms with Gasteiger partial charge in [0.1, 0.15) is 0 Å². The van der Waals surface area contributed by atoms with Gasteiger partial charge in [-0.15, -0.1) is 5.06 Å². The molecule has 17 heavy (non-hydrogen) atoms. The molecule has 0 bridgehead atoms. The van der Waals surface area contributed by atoms with Crippen LogP contribution in [-0.2, 0) is 9.63 Å². The van der Waals surface area contributed by atoms with Gasteiger partial charge in [0.2, 0.25) is 0 Å². The highest BCUT2D eigenvalue weighted by Gasteiger charge is 2.43. The van der Waals surface area contributed by atoms with Crippen molar-refractivity contribution in [1.29, 1.82) is 0 Å². The van der Waals surface area contributed by atoms with Crippen molar-refractivity contribution in [2.75, 3.05) is 6.54 Å². The molecule has 0 amide bonds. The quantitative estimate of drug-likeness (QED) is 0.678. The van der Waals surface area contributed by atoms with Crippen LogP contribution in [0.3, 0.4) is 0 Å². The van der Waals surface area contributed by atoms with E-state index < -0.39 is 24.3 Å². The van der Waals surface area contributed by atoms with E-state index in [4.69, 9.17) is 0 Å². The summed E-state index contributed by atoms with van der Waals surface area (Å²) in [6, 6.07) is -0.702. The average molecular weight is 259 g/mol. The highest BCUT2D eigenvalue weighted by Crippen LogP contribution is 2.27. The van der Waals surface area contributed by atoms with E-state index in [1.807, 2.05) is 0 Å². The summed E-state index contributed by atoms with van der Waals surface area (Å²) < 4.78 is 60.2. The van der Waals surface area contributed by atoms with Gasteiger partial charge in [-0.1, -0.05) is 0 Å². The molecule has 0 N–H and O–H groups in total. The van der Waals surface area contributed by atoms with Crippen molar-refractivity contribution in [2.45, 2.75) is 32.0 Å². The molecule has 0 aromatic rings. The van der Waals surface area contributed by atoms with E-state index in [2.05, 4.69) is 4.84 Å². The maximum absolute atomic E-state index is 12.2. The molecule has 8 heteroatoms. The third-order valence-electron chi connectivity index (χ3n) is 2.37. The lowest BCUT2D eigenvalue weighted by atomic mass is 10.0. The molecule has 1 rings (SSSR count). The predicted octanol–water partition coefficient (Wildman–Crippen LogP) is 2.64. The molecular weight excluding hydrogens is 249 g/mol. The molecule has 0 unspecified atom stereocenters. The second kappa shape index (κ2) is 4.99. The van der Waals surface area contributed by atoms with Crippen molar-refractivity contribution < 1.29 is 31.6 Å². The highest BCUT2D eigenvalue weighted by atomic mass is 19.4. The van der Waals surface area contributed by atoms with Gasteiger partial charge in [-0.3, -0.25) is 0 Å². The van der Waals surface area contributed by atoms with Crippen LogP contribution in [0.15, 0.2) is 11.7 Å². The lowest BCUT2D eigenvalue weighted by molar-refractivity contribution is -0.247. The molecule has 98 valence electrons. The minimum absolute atomic E-state index is 0.113. The molecule has 1 saturated heterocycles. The van der Waals surface area contributed by atoms with Gasteiger partial charge in [0, 0.05) is 12.6 Å². The lowest BCUT2D eigenvalue weighted by Crippen LogP contribution is -2.43. The minimum atomic E-state index is -5.08. The largest absolute Gasteiger partial charge is 0.492 e. The Morgan fingerprint density at radius 3 is 2.41 bits per heavy atom. The summed E-state index contributed by atoms with van der Waals surface area (Å²) in [7, 11) is 0. The zero-order valence-corrected chi connectivity index (χ0v) is 8.85. The van der Waals surface area contributed by atoms with Crippen molar-refractivity contribution in [1.82, 2.24) is 5.06 Å². The van der Waals surface area contributed by atoms with Crippen molar-refractivity contribution in [3.05, 3.63) is 11.7 Å². The van der Waals surface area contributed by atoms with Crippen molar-refractivity contribution in [3.8, 4) is 0 Å². The van der Waals surface area contributed by atoms with Crippen molar-refractivity contribution in [2.24, 2.45) is 0 Å². The van der Waals surface area contributed by atoms with Gasteiger partial charge in [0.15, 0.2) is 0 Å². The summed E-state index contributed by atoms with van der Waals surface area (Å²) in [6.07, 6.45) is -7.13. The summed E-state index contributed by atoms with van der Waals surface area (Å²) >= 11 is 0. The Balaban J connectivity index is 2.60. The number of rotatable bonds is 1. The highest BCUT2D eigenvalue weighted by molar-refractivity contribution is 5.75. The molecule has 0 aromatic heterocycles. The number of hydrogen-bond donors (Lipinski definition) is 0. The SMILES string of the molecule is C[C@@H]1CC(=C(F)F)CCN1OC(=O)C(F)(F)F. The number of hydrogen-bond acceptors (Lipinski definition) is 3. The normalized spacial score (nSPS) is 22.5. The van der Waals surface area contributed by atoms with E-state index in [0.717, 1.165) is 5.06 Å². The zero-order valence-electron chi connectivity index (χ0n) is 8.85. The Bertz CT molecular complexity index is 335. The summed E-state index contributed by atoms with van der Waals surface area (Å²) in [5.41, 5.74) is -0.114. The summed E-state index contributed by atoms with van der Waals surface area (Å²) in [4.78, 5) is 14.6. The van der Waals surface area contributed by atoms with Crippen LogP contribution in [0.2, 0.25) is 0 Å². The van der Waals surface area contributed by atoms with Crippen LogP contribution in [0.25, 0.3) is 0 Å². The Kier molecular flexibility index (Phi) is 4.07. The fraction of sp³-hybridized carbons (Fsp3) is 0.667. The molecule has 1 fully saturated rings. The third-order valence-corrected chi connectivity index (χ3v) is 2.37. The van der Waals surface area contributed by atoms with Crippen molar-refractivity contribution >= 4 is 5.97 Å². The van der Waals surface area contributed by atoms with Crippen LogP contribution in [0, 0.1) is 0 Å². The number of halogens is 5. The van der Waals surface area contributed by atoms with Crippen LogP contribution in [0.1, 0.15) is 19.8 Å². The molecule has 1 atom stereocenters. The molecule has 0 aliphatic carbocycles. The van der Waals surface area contributed by atoms with E-state index >= 15 is 0 Å². The topological polar surface area (TPSA) is 29.5 Å². The number of piperidine rings is 1. The van der Waals surface area contributed by atoms with Gasteiger partial charge >= 0.3 is 12.1 Å². The van der Waals surface area contributed by atoms with Gasteiger partial charge in [-0.25, -0.2) is 4.79 Å². The molecule has 3 nitrogen and oxygen atoms in total. The zero-order chi connectivity index (χ0) is 13.2. The van der Waals surface area contributed by atoms with Crippen molar-refractivity contribution in [3.63, 3.8) is 0 Å². The number of hydroxylamine groups is 2. The van der Waals surface area contributed by atoms with E-state index in [1.165, 1.54) is 6.92 Å². The monoisotopic (exact) mass is 259 g/mol. The molecule has 1 aliphatic heterocycles. The van der Waals surface area contributed by atoms with E-state index in [-0.39, 0.29) is 25.0 Å². The minimum Gasteiger partial charge on any atom is -0.361 e. The van der Waals surface area contributed by atoms with Gasteiger partial charge in [-0.2, -0.15) is 22.0 Å². The van der Waals surface area contributed by atoms with Crippen LogP contribution >= 0.6 is 0 Å².